The lowest BCUT2D eigenvalue weighted by Gasteiger charge is -2.35. The summed E-state index contributed by atoms with van der Waals surface area (Å²) in [6, 6.07) is 1.63. The summed E-state index contributed by atoms with van der Waals surface area (Å²) in [7, 11) is 2.12. The van der Waals surface area contributed by atoms with Gasteiger partial charge in [-0.15, -0.1) is 0 Å². The first-order valence-corrected chi connectivity index (χ1v) is 5.83. The summed E-state index contributed by atoms with van der Waals surface area (Å²) >= 11 is 0. The third-order valence-corrected chi connectivity index (χ3v) is 3.71. The third-order valence-electron chi connectivity index (χ3n) is 3.71. The molecule has 1 saturated carbocycles. The van der Waals surface area contributed by atoms with Crippen molar-refractivity contribution < 1.29 is 0 Å². The molecular weight excluding hydrogens is 160 g/mol. The van der Waals surface area contributed by atoms with E-state index in [9.17, 15) is 0 Å². The van der Waals surface area contributed by atoms with E-state index in [-0.39, 0.29) is 0 Å². The second-order valence-electron chi connectivity index (χ2n) is 4.49. The van der Waals surface area contributed by atoms with Gasteiger partial charge in [-0.1, -0.05) is 12.8 Å². The van der Waals surface area contributed by atoms with Crippen LogP contribution in [0.1, 0.15) is 38.5 Å². The van der Waals surface area contributed by atoms with Crippen LogP contribution in [0.4, 0.5) is 0 Å². The first-order chi connectivity index (χ1) is 6.42. The van der Waals surface area contributed by atoms with Crippen molar-refractivity contribution in [3.63, 3.8) is 0 Å². The highest BCUT2D eigenvalue weighted by Gasteiger charge is 2.31. The van der Waals surface area contributed by atoms with Gasteiger partial charge in [0.15, 0.2) is 0 Å². The highest BCUT2D eigenvalue weighted by Crippen LogP contribution is 2.26. The Hall–Kier alpha value is -0.0800. The number of piperidine rings is 1. The summed E-state index contributed by atoms with van der Waals surface area (Å²) in [5.74, 6) is 0. The molecular formula is C11H22N2. The van der Waals surface area contributed by atoms with Gasteiger partial charge in [-0.3, -0.25) is 4.90 Å². The largest absolute Gasteiger partial charge is 0.315 e. The highest BCUT2D eigenvalue weighted by molar-refractivity contribution is 4.90. The lowest BCUT2D eigenvalue weighted by atomic mass is 10.1. The summed E-state index contributed by atoms with van der Waals surface area (Å²) in [6.45, 7) is 2.70. The van der Waals surface area contributed by atoms with Crippen LogP contribution < -0.4 is 5.32 Å². The van der Waals surface area contributed by atoms with Gasteiger partial charge in [-0.05, 0) is 45.8 Å². The molecule has 0 radical (unpaired) electrons. The molecule has 1 aliphatic carbocycles. The summed E-state index contributed by atoms with van der Waals surface area (Å²) in [4.78, 5) is 2.72. The van der Waals surface area contributed by atoms with Gasteiger partial charge >= 0.3 is 0 Å². The second kappa shape index (κ2) is 4.43. The number of rotatable bonds is 2. The zero-order valence-electron chi connectivity index (χ0n) is 8.76. The van der Waals surface area contributed by atoms with Crippen molar-refractivity contribution in [1.82, 2.24) is 10.2 Å². The molecule has 1 N–H and O–H groups in total. The first kappa shape index (κ1) is 9.47. The van der Waals surface area contributed by atoms with E-state index in [1.165, 1.54) is 51.6 Å². The fourth-order valence-electron chi connectivity index (χ4n) is 2.96. The SMILES string of the molecule is CN[C@H]1CCC[C@H]1N1CCCCC1. The van der Waals surface area contributed by atoms with Crippen LogP contribution in [0.25, 0.3) is 0 Å². The van der Waals surface area contributed by atoms with Crippen molar-refractivity contribution in [3.05, 3.63) is 0 Å². The molecule has 2 fully saturated rings. The van der Waals surface area contributed by atoms with Crippen LogP contribution in [0.5, 0.6) is 0 Å². The number of nitrogens with zero attached hydrogens (tertiary/aromatic N) is 1. The maximum Gasteiger partial charge on any atom is 0.0249 e. The van der Waals surface area contributed by atoms with Gasteiger partial charge in [-0.25, -0.2) is 0 Å². The molecule has 0 spiro atoms. The van der Waals surface area contributed by atoms with Crippen molar-refractivity contribution in [1.29, 1.82) is 0 Å². The van der Waals surface area contributed by atoms with Gasteiger partial charge in [0, 0.05) is 12.1 Å². The Balaban J connectivity index is 1.90. The van der Waals surface area contributed by atoms with Gasteiger partial charge in [0.2, 0.25) is 0 Å². The van der Waals surface area contributed by atoms with E-state index >= 15 is 0 Å². The fourth-order valence-corrected chi connectivity index (χ4v) is 2.96. The highest BCUT2D eigenvalue weighted by atomic mass is 15.2. The van der Waals surface area contributed by atoms with E-state index in [2.05, 4.69) is 17.3 Å². The van der Waals surface area contributed by atoms with Crippen molar-refractivity contribution in [2.24, 2.45) is 0 Å². The number of nitrogens with one attached hydrogen (secondary N) is 1. The van der Waals surface area contributed by atoms with Gasteiger partial charge in [-0.2, -0.15) is 0 Å². The van der Waals surface area contributed by atoms with Crippen molar-refractivity contribution in [3.8, 4) is 0 Å². The molecule has 0 aromatic rings. The normalized spacial score (nSPS) is 36.7. The monoisotopic (exact) mass is 182 g/mol. The molecule has 2 aliphatic rings. The minimum absolute atomic E-state index is 0.776. The maximum atomic E-state index is 3.47. The van der Waals surface area contributed by atoms with E-state index < -0.39 is 0 Å². The fraction of sp³-hybridized carbons (Fsp3) is 1.00. The Morgan fingerprint density at radius 1 is 1.00 bits per heavy atom. The van der Waals surface area contributed by atoms with Crippen LogP contribution in [0.2, 0.25) is 0 Å². The zero-order valence-corrected chi connectivity index (χ0v) is 8.76. The number of hydrogen-bond acceptors (Lipinski definition) is 2. The number of likely N-dealkylation sites (N-methyl/N-ethyl adjacent to an activating group) is 1. The molecule has 2 atom stereocenters. The molecule has 2 nitrogen and oxygen atoms in total. The molecule has 13 heavy (non-hydrogen) atoms. The molecule has 1 heterocycles. The Bertz CT molecular complexity index is 152. The van der Waals surface area contributed by atoms with Crippen molar-refractivity contribution >= 4 is 0 Å². The molecule has 2 rings (SSSR count). The predicted molar refractivity (Wildman–Crippen MR) is 55.9 cm³/mol. The van der Waals surface area contributed by atoms with Gasteiger partial charge in [0.25, 0.3) is 0 Å². The minimum atomic E-state index is 0.776. The van der Waals surface area contributed by atoms with E-state index in [0.717, 1.165) is 12.1 Å². The van der Waals surface area contributed by atoms with Gasteiger partial charge in [0.1, 0.15) is 0 Å². The van der Waals surface area contributed by atoms with Crippen molar-refractivity contribution in [2.75, 3.05) is 20.1 Å². The van der Waals surface area contributed by atoms with Crippen LogP contribution in [0.15, 0.2) is 0 Å². The van der Waals surface area contributed by atoms with E-state index in [1.54, 1.807) is 0 Å². The maximum absolute atomic E-state index is 3.47. The Morgan fingerprint density at radius 2 is 1.77 bits per heavy atom. The summed E-state index contributed by atoms with van der Waals surface area (Å²) in [5.41, 5.74) is 0. The van der Waals surface area contributed by atoms with Crippen LogP contribution >= 0.6 is 0 Å². The molecule has 0 unspecified atom stereocenters. The summed E-state index contributed by atoms with van der Waals surface area (Å²) in [6.07, 6.45) is 8.53. The van der Waals surface area contributed by atoms with Crippen LogP contribution in [0.3, 0.4) is 0 Å². The lowest BCUT2D eigenvalue weighted by Crippen LogP contribution is -2.47. The average molecular weight is 182 g/mol. The average Bonchev–Trinajstić information content (AvgIpc) is 2.67. The van der Waals surface area contributed by atoms with E-state index in [4.69, 9.17) is 0 Å². The molecule has 0 bridgehead atoms. The Morgan fingerprint density at radius 3 is 2.46 bits per heavy atom. The molecule has 2 heteroatoms. The molecule has 0 aromatic heterocycles. The molecule has 0 aromatic carbocycles. The molecule has 0 amide bonds. The van der Waals surface area contributed by atoms with Crippen LogP contribution in [0, 0.1) is 0 Å². The van der Waals surface area contributed by atoms with Crippen LogP contribution in [-0.2, 0) is 0 Å². The van der Waals surface area contributed by atoms with Gasteiger partial charge in [0.05, 0.1) is 0 Å². The Kier molecular flexibility index (Phi) is 3.23. The standard InChI is InChI=1S/C11H22N2/c1-12-10-6-5-7-11(10)13-8-3-2-4-9-13/h10-12H,2-9H2,1H3/t10-,11+/m0/s1. The minimum Gasteiger partial charge on any atom is -0.315 e. The molecule has 76 valence electrons. The number of likely N-dealkylation sites (tertiary alicyclic amines) is 1. The Labute approximate surface area is 81.7 Å². The smallest absolute Gasteiger partial charge is 0.0249 e. The summed E-state index contributed by atoms with van der Waals surface area (Å²) in [5, 5.41) is 3.47. The topological polar surface area (TPSA) is 15.3 Å². The van der Waals surface area contributed by atoms with Crippen LogP contribution in [-0.4, -0.2) is 37.1 Å². The summed E-state index contributed by atoms with van der Waals surface area (Å²) < 4.78 is 0. The predicted octanol–water partition coefficient (Wildman–Crippen LogP) is 1.61. The lowest BCUT2D eigenvalue weighted by molar-refractivity contribution is 0.146. The first-order valence-electron chi connectivity index (χ1n) is 5.83. The number of hydrogen-bond donors (Lipinski definition) is 1. The second-order valence-corrected chi connectivity index (χ2v) is 4.49. The zero-order chi connectivity index (χ0) is 9.10. The van der Waals surface area contributed by atoms with Gasteiger partial charge < -0.3 is 5.32 Å². The molecule has 1 aliphatic heterocycles. The third kappa shape index (κ3) is 2.05. The van der Waals surface area contributed by atoms with Crippen molar-refractivity contribution in [2.45, 2.75) is 50.6 Å². The molecule has 1 saturated heterocycles. The van der Waals surface area contributed by atoms with E-state index in [0.29, 0.717) is 0 Å². The quantitative estimate of drug-likeness (QED) is 0.698. The van der Waals surface area contributed by atoms with E-state index in [1.807, 2.05) is 0 Å².